The molecule has 1 aromatic heterocycles. The Labute approximate surface area is 130 Å². The van der Waals surface area contributed by atoms with Crippen molar-refractivity contribution in [3.63, 3.8) is 0 Å². The van der Waals surface area contributed by atoms with Crippen molar-refractivity contribution >= 4 is 6.09 Å². The number of amides is 1. The van der Waals surface area contributed by atoms with Gasteiger partial charge in [0.05, 0.1) is 6.04 Å². The first-order chi connectivity index (χ1) is 10.3. The van der Waals surface area contributed by atoms with Crippen LogP contribution in [0, 0.1) is 0 Å². The number of fused-ring (bicyclic) bond motifs is 1. The average Bonchev–Trinajstić information content (AvgIpc) is 2.42. The SMILES string of the molecule is CC(C)(C)OC(=O)N1CCc2[nH]ccc(=O)c2C1CCCO. The number of aromatic nitrogens is 1. The molecular weight excluding hydrogens is 284 g/mol. The number of ether oxygens (including phenoxy) is 1. The summed E-state index contributed by atoms with van der Waals surface area (Å²) in [6.07, 6.45) is 2.88. The Bertz CT molecular complexity index is 589. The van der Waals surface area contributed by atoms with Gasteiger partial charge in [0.15, 0.2) is 5.43 Å². The fourth-order valence-electron chi connectivity index (χ4n) is 2.77. The molecule has 1 atom stereocenters. The van der Waals surface area contributed by atoms with E-state index in [-0.39, 0.29) is 18.1 Å². The van der Waals surface area contributed by atoms with E-state index in [0.717, 1.165) is 5.69 Å². The summed E-state index contributed by atoms with van der Waals surface area (Å²) in [5, 5.41) is 9.10. The Morgan fingerprint density at radius 2 is 2.23 bits per heavy atom. The molecule has 0 aliphatic carbocycles. The van der Waals surface area contributed by atoms with Crippen LogP contribution >= 0.6 is 0 Å². The van der Waals surface area contributed by atoms with Gasteiger partial charge in [0.1, 0.15) is 5.60 Å². The number of carbonyl (C=O) groups is 1. The van der Waals surface area contributed by atoms with Crippen molar-refractivity contribution in [2.24, 2.45) is 0 Å². The van der Waals surface area contributed by atoms with Gasteiger partial charge in [0.25, 0.3) is 0 Å². The Kier molecular flexibility index (Phi) is 4.90. The largest absolute Gasteiger partial charge is 0.444 e. The number of aromatic amines is 1. The van der Waals surface area contributed by atoms with E-state index in [9.17, 15) is 9.59 Å². The highest BCUT2D eigenvalue weighted by atomic mass is 16.6. The molecule has 1 unspecified atom stereocenters. The maximum atomic E-state index is 12.4. The van der Waals surface area contributed by atoms with Crippen LogP contribution in [0.15, 0.2) is 17.1 Å². The second-order valence-corrected chi connectivity index (χ2v) is 6.54. The number of hydrogen-bond acceptors (Lipinski definition) is 4. The summed E-state index contributed by atoms with van der Waals surface area (Å²) in [5.74, 6) is 0. The van der Waals surface area contributed by atoms with Gasteiger partial charge in [-0.15, -0.1) is 0 Å². The summed E-state index contributed by atoms with van der Waals surface area (Å²) in [4.78, 5) is 29.4. The lowest BCUT2D eigenvalue weighted by Crippen LogP contribution is -2.45. The van der Waals surface area contributed by atoms with Crippen LogP contribution in [0.25, 0.3) is 0 Å². The highest BCUT2D eigenvalue weighted by molar-refractivity contribution is 5.69. The predicted octanol–water partition coefficient (Wildman–Crippen LogP) is 1.98. The summed E-state index contributed by atoms with van der Waals surface area (Å²) in [5.41, 5.74) is 0.829. The average molecular weight is 308 g/mol. The van der Waals surface area contributed by atoms with Crippen molar-refractivity contribution in [3.8, 4) is 0 Å². The van der Waals surface area contributed by atoms with Crippen LogP contribution in [0.3, 0.4) is 0 Å². The fourth-order valence-corrected chi connectivity index (χ4v) is 2.77. The number of nitrogens with zero attached hydrogens (tertiary/aromatic N) is 1. The lowest BCUT2D eigenvalue weighted by Gasteiger charge is -2.37. The number of rotatable bonds is 3. The van der Waals surface area contributed by atoms with Crippen molar-refractivity contribution in [2.45, 2.75) is 51.7 Å². The minimum absolute atomic E-state index is 0.0265. The molecule has 1 amide bonds. The van der Waals surface area contributed by atoms with Crippen molar-refractivity contribution in [1.29, 1.82) is 0 Å². The molecule has 0 spiro atoms. The van der Waals surface area contributed by atoms with E-state index in [1.54, 1.807) is 11.1 Å². The van der Waals surface area contributed by atoms with Crippen LogP contribution in [-0.4, -0.2) is 39.8 Å². The van der Waals surface area contributed by atoms with E-state index in [1.165, 1.54) is 6.07 Å². The lowest BCUT2D eigenvalue weighted by molar-refractivity contribution is 0.0122. The summed E-state index contributed by atoms with van der Waals surface area (Å²) < 4.78 is 5.45. The number of carbonyl (C=O) groups excluding carboxylic acids is 1. The molecule has 0 aromatic carbocycles. The van der Waals surface area contributed by atoms with Crippen molar-refractivity contribution in [3.05, 3.63) is 33.7 Å². The molecule has 2 N–H and O–H groups in total. The van der Waals surface area contributed by atoms with Crippen molar-refractivity contribution < 1.29 is 14.6 Å². The van der Waals surface area contributed by atoms with Gasteiger partial charge in [0.2, 0.25) is 0 Å². The van der Waals surface area contributed by atoms with E-state index in [2.05, 4.69) is 4.98 Å². The van der Waals surface area contributed by atoms with Crippen LogP contribution < -0.4 is 5.43 Å². The normalized spacial score (nSPS) is 18.0. The first kappa shape index (κ1) is 16.5. The highest BCUT2D eigenvalue weighted by Gasteiger charge is 2.34. The van der Waals surface area contributed by atoms with Gasteiger partial charge in [-0.2, -0.15) is 0 Å². The number of hydrogen-bond donors (Lipinski definition) is 2. The first-order valence-corrected chi connectivity index (χ1v) is 7.64. The van der Waals surface area contributed by atoms with Crippen molar-refractivity contribution in [2.75, 3.05) is 13.2 Å². The van der Waals surface area contributed by atoms with Gasteiger partial charge in [-0.1, -0.05) is 0 Å². The smallest absolute Gasteiger partial charge is 0.410 e. The minimum Gasteiger partial charge on any atom is -0.444 e. The molecule has 1 aliphatic heterocycles. The predicted molar refractivity (Wildman–Crippen MR) is 82.8 cm³/mol. The van der Waals surface area contributed by atoms with Crippen LogP contribution in [0.1, 0.15) is 50.9 Å². The van der Waals surface area contributed by atoms with E-state index < -0.39 is 11.7 Å². The third-order valence-electron chi connectivity index (χ3n) is 3.66. The van der Waals surface area contributed by atoms with Gasteiger partial charge in [-0.05, 0) is 33.6 Å². The molecule has 0 saturated heterocycles. The third-order valence-corrected chi connectivity index (χ3v) is 3.66. The Morgan fingerprint density at radius 1 is 1.50 bits per heavy atom. The zero-order valence-corrected chi connectivity index (χ0v) is 13.4. The maximum Gasteiger partial charge on any atom is 0.410 e. The number of pyridine rings is 1. The quantitative estimate of drug-likeness (QED) is 0.894. The van der Waals surface area contributed by atoms with Crippen molar-refractivity contribution in [1.82, 2.24) is 9.88 Å². The monoisotopic (exact) mass is 308 g/mol. The fraction of sp³-hybridized carbons (Fsp3) is 0.625. The molecule has 2 rings (SSSR count). The number of aliphatic hydroxyl groups excluding tert-OH is 1. The van der Waals surface area contributed by atoms with E-state index in [1.807, 2.05) is 20.8 Å². The molecule has 6 heteroatoms. The van der Waals surface area contributed by atoms with E-state index >= 15 is 0 Å². The maximum absolute atomic E-state index is 12.4. The Morgan fingerprint density at radius 3 is 2.86 bits per heavy atom. The van der Waals surface area contributed by atoms with Crippen LogP contribution in [0.4, 0.5) is 4.79 Å². The molecule has 0 fully saturated rings. The third kappa shape index (κ3) is 3.68. The highest BCUT2D eigenvalue weighted by Crippen LogP contribution is 2.31. The van der Waals surface area contributed by atoms with E-state index in [4.69, 9.17) is 9.84 Å². The molecule has 1 aliphatic rings. The molecule has 0 radical (unpaired) electrons. The molecular formula is C16H24N2O4. The molecule has 2 heterocycles. The molecule has 0 saturated carbocycles. The van der Waals surface area contributed by atoms with Crippen LogP contribution in [-0.2, 0) is 11.2 Å². The zero-order valence-electron chi connectivity index (χ0n) is 13.4. The molecule has 6 nitrogen and oxygen atoms in total. The van der Waals surface area contributed by atoms with Gasteiger partial charge >= 0.3 is 6.09 Å². The Balaban J connectivity index is 2.33. The molecule has 122 valence electrons. The number of aliphatic hydroxyl groups is 1. The first-order valence-electron chi connectivity index (χ1n) is 7.64. The van der Waals surface area contributed by atoms with E-state index in [0.29, 0.717) is 31.4 Å². The summed E-state index contributed by atoms with van der Waals surface area (Å²) in [6.45, 7) is 5.98. The van der Waals surface area contributed by atoms with Gasteiger partial charge in [-0.3, -0.25) is 4.79 Å². The lowest BCUT2D eigenvalue weighted by atomic mass is 9.93. The molecule has 1 aromatic rings. The zero-order chi connectivity index (χ0) is 16.3. The molecule has 0 bridgehead atoms. The van der Waals surface area contributed by atoms with Gasteiger partial charge < -0.3 is 19.7 Å². The summed E-state index contributed by atoms with van der Waals surface area (Å²) in [7, 11) is 0. The number of nitrogens with one attached hydrogen (secondary N) is 1. The second-order valence-electron chi connectivity index (χ2n) is 6.54. The van der Waals surface area contributed by atoms with Crippen LogP contribution in [0.2, 0.25) is 0 Å². The minimum atomic E-state index is -0.581. The Hall–Kier alpha value is -1.82. The van der Waals surface area contributed by atoms with Gasteiger partial charge in [0, 0.05) is 43.1 Å². The standard InChI is InChI=1S/C16H24N2O4/c1-16(2,3)22-15(21)18-9-7-11-14(12(18)5-4-10-19)13(20)6-8-17-11/h6,8,12,19H,4-5,7,9-10H2,1-3H3,(H,17,20). The summed E-state index contributed by atoms with van der Waals surface area (Å²) in [6, 6.07) is 1.12. The van der Waals surface area contributed by atoms with Gasteiger partial charge in [-0.25, -0.2) is 4.79 Å². The number of H-pyrrole nitrogens is 1. The van der Waals surface area contributed by atoms with Crippen LogP contribution in [0.5, 0.6) is 0 Å². The molecule has 22 heavy (non-hydrogen) atoms. The summed E-state index contributed by atoms with van der Waals surface area (Å²) >= 11 is 0. The topological polar surface area (TPSA) is 82.6 Å². The second kappa shape index (κ2) is 6.52.